The van der Waals surface area contributed by atoms with Crippen molar-refractivity contribution in [3.05, 3.63) is 30.3 Å². The maximum atomic E-state index is 13.2. The number of alkyl halides is 3. The van der Waals surface area contributed by atoms with Crippen LogP contribution in [0.2, 0.25) is 0 Å². The van der Waals surface area contributed by atoms with E-state index in [9.17, 15) is 32.7 Å². The SMILES string of the molecule is CC(C)C(NC(=O)[C@@H]1CCCN1C(=O)[C@@H](NC(=O)Oc1ccccc1)C(C)C)C(O)C(F)(F)F. The Morgan fingerprint density at radius 3 is 2.21 bits per heavy atom. The Morgan fingerprint density at radius 1 is 1.06 bits per heavy atom. The quantitative estimate of drug-likeness (QED) is 0.523. The number of hydrogen-bond acceptors (Lipinski definition) is 5. The Labute approximate surface area is 196 Å². The van der Waals surface area contributed by atoms with Crippen molar-refractivity contribution in [2.75, 3.05) is 6.54 Å². The van der Waals surface area contributed by atoms with Gasteiger partial charge in [0, 0.05) is 6.54 Å². The molecule has 0 bridgehead atoms. The molecule has 0 spiro atoms. The number of nitrogens with zero attached hydrogens (tertiary/aromatic N) is 1. The molecule has 0 saturated carbocycles. The van der Waals surface area contributed by atoms with E-state index < -0.39 is 54.2 Å². The van der Waals surface area contributed by atoms with Crippen molar-refractivity contribution in [2.24, 2.45) is 11.8 Å². The minimum atomic E-state index is -4.90. The molecule has 11 heteroatoms. The zero-order valence-electron chi connectivity index (χ0n) is 19.6. The van der Waals surface area contributed by atoms with E-state index in [2.05, 4.69) is 10.6 Å². The first-order valence-electron chi connectivity index (χ1n) is 11.2. The van der Waals surface area contributed by atoms with Gasteiger partial charge in [0.15, 0.2) is 6.10 Å². The molecule has 2 rings (SSSR count). The summed E-state index contributed by atoms with van der Waals surface area (Å²) in [5, 5.41) is 14.5. The van der Waals surface area contributed by atoms with E-state index >= 15 is 0 Å². The molecule has 0 radical (unpaired) electrons. The third kappa shape index (κ3) is 7.09. The molecule has 8 nitrogen and oxygen atoms in total. The van der Waals surface area contributed by atoms with E-state index in [0.29, 0.717) is 6.42 Å². The lowest BCUT2D eigenvalue weighted by atomic mass is 9.97. The summed E-state index contributed by atoms with van der Waals surface area (Å²) in [6.07, 6.45) is -7.76. The fraction of sp³-hybridized carbons (Fsp3) is 0.609. The van der Waals surface area contributed by atoms with Gasteiger partial charge in [-0.25, -0.2) is 4.79 Å². The fourth-order valence-electron chi connectivity index (χ4n) is 3.82. The van der Waals surface area contributed by atoms with Gasteiger partial charge in [-0.3, -0.25) is 9.59 Å². The molecule has 0 aromatic heterocycles. The monoisotopic (exact) mass is 487 g/mol. The number of aliphatic hydroxyl groups excluding tert-OH is 1. The van der Waals surface area contributed by atoms with Gasteiger partial charge in [-0.1, -0.05) is 45.9 Å². The average molecular weight is 488 g/mol. The summed E-state index contributed by atoms with van der Waals surface area (Å²) in [5.41, 5.74) is 0. The predicted molar refractivity (Wildman–Crippen MR) is 118 cm³/mol. The lowest BCUT2D eigenvalue weighted by Crippen LogP contribution is -2.59. The molecule has 1 aromatic carbocycles. The minimum absolute atomic E-state index is 0.212. The number of amides is 3. The molecule has 1 aliphatic rings. The second-order valence-corrected chi connectivity index (χ2v) is 9.02. The van der Waals surface area contributed by atoms with Gasteiger partial charge < -0.3 is 25.4 Å². The van der Waals surface area contributed by atoms with E-state index in [1.807, 2.05) is 0 Å². The standard InChI is InChI=1S/C23H32F3N3O5/c1-13(2)17(19(30)23(24,25)26)27-20(31)16-11-8-12-29(16)21(32)18(14(3)4)28-22(33)34-15-9-6-5-7-10-15/h5-7,9-10,13-14,16-19,30H,8,11-12H2,1-4H3,(H,27,31)(H,28,33)/t16-,17?,18-,19?/m0/s1. The van der Waals surface area contributed by atoms with Crippen LogP contribution in [0.25, 0.3) is 0 Å². The van der Waals surface area contributed by atoms with Gasteiger partial charge in [0.25, 0.3) is 0 Å². The molecule has 4 atom stereocenters. The number of aliphatic hydroxyl groups is 1. The highest BCUT2D eigenvalue weighted by Gasteiger charge is 2.47. The summed E-state index contributed by atoms with van der Waals surface area (Å²) in [7, 11) is 0. The van der Waals surface area contributed by atoms with Crippen LogP contribution in [0.1, 0.15) is 40.5 Å². The van der Waals surface area contributed by atoms with Crippen LogP contribution in [0.4, 0.5) is 18.0 Å². The Balaban J connectivity index is 2.11. The van der Waals surface area contributed by atoms with Crippen molar-refractivity contribution >= 4 is 17.9 Å². The topological polar surface area (TPSA) is 108 Å². The van der Waals surface area contributed by atoms with Crippen LogP contribution in [0, 0.1) is 11.8 Å². The Bertz CT molecular complexity index is 848. The predicted octanol–water partition coefficient (Wildman–Crippen LogP) is 2.85. The lowest BCUT2D eigenvalue weighted by molar-refractivity contribution is -0.215. The summed E-state index contributed by atoms with van der Waals surface area (Å²) in [4.78, 5) is 39.7. The number of nitrogens with one attached hydrogen (secondary N) is 2. The molecular weight excluding hydrogens is 455 g/mol. The lowest BCUT2D eigenvalue weighted by Gasteiger charge is -2.33. The molecule has 0 aliphatic carbocycles. The van der Waals surface area contributed by atoms with Crippen LogP contribution in [0.15, 0.2) is 30.3 Å². The fourth-order valence-corrected chi connectivity index (χ4v) is 3.82. The van der Waals surface area contributed by atoms with Crippen LogP contribution in [-0.2, 0) is 9.59 Å². The second kappa shape index (κ2) is 11.5. The average Bonchev–Trinajstić information content (AvgIpc) is 3.24. The Kier molecular flexibility index (Phi) is 9.31. The van der Waals surface area contributed by atoms with Crippen molar-refractivity contribution < 1.29 is 37.4 Å². The van der Waals surface area contributed by atoms with Crippen LogP contribution in [-0.4, -0.2) is 64.9 Å². The van der Waals surface area contributed by atoms with E-state index in [-0.39, 0.29) is 24.6 Å². The minimum Gasteiger partial charge on any atom is -0.410 e. The van der Waals surface area contributed by atoms with Crippen LogP contribution >= 0.6 is 0 Å². The number of halogens is 3. The number of para-hydroxylation sites is 1. The number of ether oxygens (including phenoxy) is 1. The number of hydrogen-bond donors (Lipinski definition) is 3. The summed E-state index contributed by atoms with van der Waals surface area (Å²) in [5.74, 6) is -2.08. The molecule has 1 fully saturated rings. The number of benzene rings is 1. The Hall–Kier alpha value is -2.82. The largest absolute Gasteiger partial charge is 0.416 e. The van der Waals surface area contributed by atoms with Gasteiger partial charge in [0.2, 0.25) is 11.8 Å². The van der Waals surface area contributed by atoms with Crippen LogP contribution in [0.5, 0.6) is 5.75 Å². The van der Waals surface area contributed by atoms with E-state index in [4.69, 9.17) is 4.74 Å². The molecular formula is C23H32F3N3O5. The number of carbonyl (C=O) groups excluding carboxylic acids is 3. The number of carbonyl (C=O) groups is 3. The van der Waals surface area contributed by atoms with Gasteiger partial charge in [-0.05, 0) is 36.8 Å². The summed E-state index contributed by atoms with van der Waals surface area (Å²) >= 11 is 0. The zero-order valence-corrected chi connectivity index (χ0v) is 19.6. The third-order valence-corrected chi connectivity index (χ3v) is 5.70. The molecule has 1 aromatic rings. The van der Waals surface area contributed by atoms with Gasteiger partial charge in [0.05, 0.1) is 6.04 Å². The first-order chi connectivity index (χ1) is 15.8. The highest BCUT2D eigenvalue weighted by atomic mass is 19.4. The van der Waals surface area contributed by atoms with Gasteiger partial charge in [-0.15, -0.1) is 0 Å². The molecule has 1 saturated heterocycles. The normalized spacial score (nSPS) is 19.0. The summed E-state index contributed by atoms with van der Waals surface area (Å²) < 4.78 is 44.3. The van der Waals surface area contributed by atoms with Gasteiger partial charge >= 0.3 is 12.3 Å². The second-order valence-electron chi connectivity index (χ2n) is 9.02. The van der Waals surface area contributed by atoms with Crippen LogP contribution in [0.3, 0.4) is 0 Å². The maximum Gasteiger partial charge on any atom is 0.416 e. The van der Waals surface area contributed by atoms with Gasteiger partial charge in [-0.2, -0.15) is 13.2 Å². The summed E-state index contributed by atoms with van der Waals surface area (Å²) in [6, 6.07) is 4.68. The third-order valence-electron chi connectivity index (χ3n) is 5.70. The van der Waals surface area contributed by atoms with Crippen molar-refractivity contribution in [1.82, 2.24) is 15.5 Å². The van der Waals surface area contributed by atoms with Crippen molar-refractivity contribution in [3.8, 4) is 5.75 Å². The first kappa shape index (κ1) is 27.4. The van der Waals surface area contributed by atoms with Crippen molar-refractivity contribution in [3.63, 3.8) is 0 Å². The smallest absolute Gasteiger partial charge is 0.410 e. The Morgan fingerprint density at radius 2 is 1.68 bits per heavy atom. The maximum absolute atomic E-state index is 13.2. The van der Waals surface area contributed by atoms with E-state index in [0.717, 1.165) is 0 Å². The number of likely N-dealkylation sites (tertiary alicyclic amines) is 1. The molecule has 1 heterocycles. The van der Waals surface area contributed by atoms with Crippen molar-refractivity contribution in [2.45, 2.75) is 70.9 Å². The molecule has 2 unspecified atom stereocenters. The summed E-state index contributed by atoms with van der Waals surface area (Å²) in [6.45, 7) is 6.54. The highest BCUT2D eigenvalue weighted by molar-refractivity contribution is 5.92. The van der Waals surface area contributed by atoms with E-state index in [1.165, 1.54) is 18.7 Å². The highest BCUT2D eigenvalue weighted by Crippen LogP contribution is 2.27. The molecule has 1 aliphatic heterocycles. The van der Waals surface area contributed by atoms with Crippen molar-refractivity contribution in [1.29, 1.82) is 0 Å². The van der Waals surface area contributed by atoms with E-state index in [1.54, 1.807) is 44.2 Å². The zero-order chi connectivity index (χ0) is 25.6. The first-order valence-corrected chi connectivity index (χ1v) is 11.2. The number of rotatable bonds is 8. The molecule has 190 valence electrons. The van der Waals surface area contributed by atoms with Gasteiger partial charge in [0.1, 0.15) is 17.8 Å². The van der Waals surface area contributed by atoms with Crippen LogP contribution < -0.4 is 15.4 Å². The molecule has 3 N–H and O–H groups in total. The molecule has 34 heavy (non-hydrogen) atoms. The molecule has 3 amide bonds.